The molecule has 0 radical (unpaired) electrons. The zero-order chi connectivity index (χ0) is 17.8. The minimum absolute atomic E-state index is 0.279. The number of unbranched alkanes of at least 4 members (excludes halogenated alkanes) is 2. The molecule has 0 aromatic heterocycles. The maximum Gasteiger partial charge on any atom is 0.375 e. The molecule has 136 valence electrons. The number of benzene rings is 1. The lowest BCUT2D eigenvalue weighted by molar-refractivity contribution is -0.143. The number of alkyl halides is 1. The van der Waals surface area contributed by atoms with E-state index in [1.807, 2.05) is 19.9 Å². The molecule has 0 aliphatic carbocycles. The topological polar surface area (TPSA) is 61.8 Å². The van der Waals surface area contributed by atoms with Gasteiger partial charge in [0.1, 0.15) is 5.88 Å². The third kappa shape index (κ3) is 6.94. The van der Waals surface area contributed by atoms with Crippen LogP contribution in [-0.2, 0) is 23.1 Å². The van der Waals surface area contributed by atoms with Crippen molar-refractivity contribution in [2.24, 2.45) is 0 Å². The van der Waals surface area contributed by atoms with Gasteiger partial charge in [-0.1, -0.05) is 57.0 Å². The number of carbonyl (C=O) groups excluding carboxylic acids is 1. The van der Waals surface area contributed by atoms with E-state index in [4.69, 9.17) is 25.4 Å². The van der Waals surface area contributed by atoms with Crippen LogP contribution in [-0.4, -0.2) is 25.1 Å². The molecule has 0 bridgehead atoms. The van der Waals surface area contributed by atoms with E-state index in [1.165, 1.54) is 0 Å². The monoisotopic (exact) mass is 376 g/mol. The smallest absolute Gasteiger partial charge is 0.375 e. The Bertz CT molecular complexity index is 509. The summed E-state index contributed by atoms with van der Waals surface area (Å²) < 4.78 is 29.9. The predicted molar refractivity (Wildman–Crippen MR) is 95.3 cm³/mol. The Kier molecular flexibility index (Phi) is 10.3. The van der Waals surface area contributed by atoms with Gasteiger partial charge in [-0.05, 0) is 12.8 Å². The van der Waals surface area contributed by atoms with Crippen molar-refractivity contribution >= 4 is 25.2 Å². The quantitative estimate of drug-likeness (QED) is 0.214. The minimum atomic E-state index is -3.68. The van der Waals surface area contributed by atoms with Crippen LogP contribution in [0.4, 0.5) is 0 Å². The summed E-state index contributed by atoms with van der Waals surface area (Å²) in [5.41, 5.74) is 0.562. The van der Waals surface area contributed by atoms with Gasteiger partial charge in [-0.2, -0.15) is 0 Å². The summed E-state index contributed by atoms with van der Waals surface area (Å²) in [6.07, 6.45) is 3.27. The average molecular weight is 377 g/mol. The number of rotatable bonds is 12. The highest BCUT2D eigenvalue weighted by Gasteiger charge is 2.40. The molecular weight excluding hydrogens is 351 g/mol. The molecule has 1 aromatic carbocycles. The van der Waals surface area contributed by atoms with Crippen molar-refractivity contribution in [3.05, 3.63) is 35.9 Å². The van der Waals surface area contributed by atoms with Gasteiger partial charge >= 0.3 is 13.6 Å². The van der Waals surface area contributed by atoms with Crippen molar-refractivity contribution in [2.45, 2.75) is 45.4 Å². The van der Waals surface area contributed by atoms with E-state index >= 15 is 0 Å². The van der Waals surface area contributed by atoms with Gasteiger partial charge in [0.2, 0.25) is 5.85 Å². The molecule has 7 heteroatoms. The molecular formula is C17H26ClO5P. The molecule has 0 N–H and O–H groups in total. The second-order valence-electron chi connectivity index (χ2n) is 5.30. The molecule has 0 aliphatic rings. The number of ether oxygens (including phenoxy) is 1. The van der Waals surface area contributed by atoms with Crippen molar-refractivity contribution < 1.29 is 23.1 Å². The summed E-state index contributed by atoms with van der Waals surface area (Å²) in [5, 5.41) is 0. The molecule has 1 aromatic rings. The fourth-order valence-electron chi connectivity index (χ4n) is 1.93. The van der Waals surface area contributed by atoms with Gasteiger partial charge in [-0.25, -0.2) is 0 Å². The number of hydrogen-bond donors (Lipinski definition) is 0. The largest absolute Gasteiger partial charge is 0.443 e. The van der Waals surface area contributed by atoms with Crippen LogP contribution in [0.15, 0.2) is 30.3 Å². The van der Waals surface area contributed by atoms with Crippen LogP contribution >= 0.6 is 19.2 Å². The molecule has 0 saturated carbocycles. The van der Waals surface area contributed by atoms with Crippen LogP contribution in [0, 0.1) is 0 Å². The van der Waals surface area contributed by atoms with Gasteiger partial charge in [0, 0.05) is 5.56 Å². The molecule has 0 aliphatic heterocycles. The predicted octanol–water partition coefficient (Wildman–Crippen LogP) is 5.29. The van der Waals surface area contributed by atoms with Gasteiger partial charge < -0.3 is 13.8 Å². The highest BCUT2D eigenvalue weighted by Crippen LogP contribution is 2.61. The lowest BCUT2D eigenvalue weighted by Crippen LogP contribution is -2.16. The highest BCUT2D eigenvalue weighted by molar-refractivity contribution is 7.54. The van der Waals surface area contributed by atoms with Crippen LogP contribution in [0.3, 0.4) is 0 Å². The Morgan fingerprint density at radius 2 is 1.62 bits per heavy atom. The second kappa shape index (κ2) is 11.6. The first-order valence-corrected chi connectivity index (χ1v) is 10.4. The first-order chi connectivity index (χ1) is 11.6. The average Bonchev–Trinajstić information content (AvgIpc) is 2.60. The van der Waals surface area contributed by atoms with Crippen LogP contribution in [0.1, 0.15) is 50.9 Å². The fourth-order valence-corrected chi connectivity index (χ4v) is 3.89. The van der Waals surface area contributed by atoms with Crippen molar-refractivity contribution in [3.63, 3.8) is 0 Å². The number of esters is 1. The zero-order valence-electron chi connectivity index (χ0n) is 14.3. The van der Waals surface area contributed by atoms with Crippen molar-refractivity contribution in [1.82, 2.24) is 0 Å². The summed E-state index contributed by atoms with van der Waals surface area (Å²) >= 11 is 5.54. The minimum Gasteiger partial charge on any atom is -0.443 e. The van der Waals surface area contributed by atoms with Crippen LogP contribution in [0.2, 0.25) is 0 Å². The summed E-state index contributed by atoms with van der Waals surface area (Å²) in [6.45, 7) is 4.58. The van der Waals surface area contributed by atoms with Crippen molar-refractivity contribution in [3.8, 4) is 0 Å². The Balaban J connectivity index is 3.07. The second-order valence-corrected chi connectivity index (χ2v) is 7.63. The highest BCUT2D eigenvalue weighted by atomic mass is 35.5. The van der Waals surface area contributed by atoms with Crippen LogP contribution in [0.5, 0.6) is 0 Å². The third-order valence-electron chi connectivity index (χ3n) is 3.26. The van der Waals surface area contributed by atoms with E-state index in [0.29, 0.717) is 5.56 Å². The summed E-state index contributed by atoms with van der Waals surface area (Å²) in [6, 6.07) is 8.83. The number of halogens is 1. The Hall–Kier alpha value is -0.870. The van der Waals surface area contributed by atoms with Gasteiger partial charge in [-0.3, -0.25) is 9.36 Å². The number of carbonyl (C=O) groups is 1. The number of hydrogen-bond acceptors (Lipinski definition) is 5. The molecule has 24 heavy (non-hydrogen) atoms. The van der Waals surface area contributed by atoms with E-state index in [9.17, 15) is 9.36 Å². The normalized spacial score (nSPS) is 12.8. The molecule has 1 unspecified atom stereocenters. The van der Waals surface area contributed by atoms with Crippen molar-refractivity contribution in [2.75, 3.05) is 19.1 Å². The van der Waals surface area contributed by atoms with Gasteiger partial charge in [0.15, 0.2) is 0 Å². The Labute approximate surface area is 149 Å². The fraction of sp³-hybridized carbons (Fsp3) is 0.588. The third-order valence-corrected chi connectivity index (χ3v) is 5.54. The zero-order valence-corrected chi connectivity index (χ0v) is 15.9. The van der Waals surface area contributed by atoms with E-state index < -0.39 is 19.4 Å². The Morgan fingerprint density at radius 1 is 1.08 bits per heavy atom. The summed E-state index contributed by atoms with van der Waals surface area (Å²) in [5.74, 6) is -2.10. The maximum absolute atomic E-state index is 13.4. The lowest BCUT2D eigenvalue weighted by Gasteiger charge is -2.27. The van der Waals surface area contributed by atoms with Gasteiger partial charge in [0.25, 0.3) is 0 Å². The molecule has 1 rings (SSSR count). The Morgan fingerprint density at radius 3 is 2.08 bits per heavy atom. The molecule has 0 saturated heterocycles. The summed E-state index contributed by atoms with van der Waals surface area (Å²) in [4.78, 5) is 11.7. The maximum atomic E-state index is 13.4. The lowest BCUT2D eigenvalue weighted by atomic mass is 10.2. The molecule has 0 fully saturated rings. The van der Waals surface area contributed by atoms with E-state index in [1.54, 1.807) is 24.3 Å². The molecule has 0 heterocycles. The van der Waals surface area contributed by atoms with E-state index in [0.717, 1.165) is 25.7 Å². The van der Waals surface area contributed by atoms with Gasteiger partial charge in [-0.15, -0.1) is 11.6 Å². The van der Waals surface area contributed by atoms with E-state index in [-0.39, 0.29) is 19.1 Å². The SMILES string of the molecule is CCCCOP(=O)(OCCCC)C(OC(=O)CCl)c1ccccc1. The van der Waals surface area contributed by atoms with E-state index in [2.05, 4.69) is 0 Å². The first-order valence-electron chi connectivity index (χ1n) is 8.26. The first kappa shape index (κ1) is 21.2. The van der Waals surface area contributed by atoms with Crippen molar-refractivity contribution in [1.29, 1.82) is 0 Å². The molecule has 0 spiro atoms. The molecule has 0 amide bonds. The summed E-state index contributed by atoms with van der Waals surface area (Å²) in [7, 11) is -3.68. The van der Waals surface area contributed by atoms with Gasteiger partial charge in [0.05, 0.1) is 13.2 Å². The standard InChI is InChI=1S/C17H26ClO5P/c1-3-5-12-21-24(20,22-13-6-4-2)17(23-16(19)14-18)15-10-8-7-9-11-15/h7-11,17H,3-6,12-14H2,1-2H3. The molecule has 5 nitrogen and oxygen atoms in total. The molecule has 1 atom stereocenters. The van der Waals surface area contributed by atoms with Crippen LogP contribution < -0.4 is 0 Å². The van der Waals surface area contributed by atoms with Crippen LogP contribution in [0.25, 0.3) is 0 Å².